The molecule has 0 bridgehead atoms. The van der Waals surface area contributed by atoms with Crippen molar-refractivity contribution in [1.82, 2.24) is 9.61 Å². The van der Waals surface area contributed by atoms with Crippen LogP contribution in [0.1, 0.15) is 37.4 Å². The molecular formula is C27H28N2O3. The zero-order valence-electron chi connectivity index (χ0n) is 18.5. The van der Waals surface area contributed by atoms with Gasteiger partial charge in [-0.25, -0.2) is 4.52 Å². The number of rotatable bonds is 9. The van der Waals surface area contributed by atoms with E-state index < -0.39 is 5.97 Å². The van der Waals surface area contributed by atoms with E-state index in [0.29, 0.717) is 6.42 Å². The number of benzene rings is 2. The molecule has 4 rings (SSSR count). The first-order valence-corrected chi connectivity index (χ1v) is 11.1. The van der Waals surface area contributed by atoms with E-state index >= 15 is 0 Å². The Bertz CT molecular complexity index is 1230. The Morgan fingerprint density at radius 3 is 2.50 bits per heavy atom. The predicted octanol–water partition coefficient (Wildman–Crippen LogP) is 6.04. The predicted molar refractivity (Wildman–Crippen MR) is 127 cm³/mol. The minimum atomic E-state index is -0.756. The number of fused-ring (bicyclic) bond motifs is 1. The van der Waals surface area contributed by atoms with Gasteiger partial charge in [-0.05, 0) is 61.1 Å². The van der Waals surface area contributed by atoms with Crippen molar-refractivity contribution in [2.75, 3.05) is 7.11 Å². The van der Waals surface area contributed by atoms with Crippen LogP contribution in [0.2, 0.25) is 0 Å². The molecule has 0 saturated heterocycles. The molecule has 0 atom stereocenters. The van der Waals surface area contributed by atoms with Gasteiger partial charge in [0.05, 0.1) is 18.3 Å². The Morgan fingerprint density at radius 2 is 1.78 bits per heavy atom. The van der Waals surface area contributed by atoms with Gasteiger partial charge in [-0.1, -0.05) is 49.4 Å². The summed E-state index contributed by atoms with van der Waals surface area (Å²) in [6.07, 6.45) is 3.22. The number of methoxy groups -OCH3 is 1. The molecule has 2 aromatic heterocycles. The highest BCUT2D eigenvalue weighted by molar-refractivity contribution is 5.88. The lowest BCUT2D eigenvalue weighted by Crippen LogP contribution is -2.06. The van der Waals surface area contributed by atoms with E-state index in [2.05, 4.69) is 47.8 Å². The summed E-state index contributed by atoms with van der Waals surface area (Å²) >= 11 is 0. The number of hydrogen-bond donors (Lipinski definition) is 1. The van der Waals surface area contributed by atoms with Gasteiger partial charge in [0.2, 0.25) is 0 Å². The van der Waals surface area contributed by atoms with Gasteiger partial charge in [0.1, 0.15) is 5.75 Å². The lowest BCUT2D eigenvalue weighted by molar-refractivity contribution is -0.137. The molecule has 0 saturated carbocycles. The fourth-order valence-electron chi connectivity index (χ4n) is 4.23. The molecule has 5 nitrogen and oxygen atoms in total. The average Bonchev–Trinajstić information content (AvgIpc) is 3.24. The Balaban J connectivity index is 1.97. The first-order chi connectivity index (χ1) is 15.6. The quantitative estimate of drug-likeness (QED) is 0.330. The molecule has 0 aliphatic carbocycles. The van der Waals surface area contributed by atoms with Gasteiger partial charge in [0.15, 0.2) is 0 Å². The SMILES string of the molecule is CCc1ccc2c(-c3cccc(OC)c3)c(CCCCC(=O)O)c(-c3ccccc3)nn12. The highest BCUT2D eigenvalue weighted by atomic mass is 16.5. The van der Waals surface area contributed by atoms with Crippen LogP contribution in [-0.2, 0) is 17.6 Å². The Labute approximate surface area is 188 Å². The van der Waals surface area contributed by atoms with Gasteiger partial charge in [-0.2, -0.15) is 5.10 Å². The van der Waals surface area contributed by atoms with Gasteiger partial charge >= 0.3 is 5.97 Å². The molecular weight excluding hydrogens is 400 g/mol. The van der Waals surface area contributed by atoms with Crippen LogP contribution in [0.4, 0.5) is 0 Å². The van der Waals surface area contributed by atoms with Crippen molar-refractivity contribution < 1.29 is 14.6 Å². The Kier molecular flexibility index (Phi) is 6.55. The summed E-state index contributed by atoms with van der Waals surface area (Å²) in [6, 6.07) is 22.6. The standard InChI is InChI=1S/C27H28N2O3/c1-3-21-16-17-24-26(20-12-9-13-22(18-20)32-2)23(14-7-8-15-25(30)31)27(28-29(21)24)19-10-5-4-6-11-19/h4-6,9-13,16-18H,3,7-8,14-15H2,1-2H3,(H,30,31). The van der Waals surface area contributed by atoms with Crippen LogP contribution in [0.15, 0.2) is 66.7 Å². The molecule has 2 heterocycles. The molecule has 0 aliphatic rings. The van der Waals surface area contributed by atoms with Crippen molar-refractivity contribution in [2.45, 2.75) is 39.0 Å². The molecule has 0 aliphatic heterocycles. The maximum atomic E-state index is 11.0. The second kappa shape index (κ2) is 9.69. The van der Waals surface area contributed by atoms with Crippen LogP contribution in [0, 0.1) is 0 Å². The Morgan fingerprint density at radius 1 is 1.00 bits per heavy atom. The summed E-state index contributed by atoms with van der Waals surface area (Å²) in [7, 11) is 1.68. The fourth-order valence-corrected chi connectivity index (χ4v) is 4.23. The van der Waals surface area contributed by atoms with E-state index in [0.717, 1.165) is 64.2 Å². The molecule has 32 heavy (non-hydrogen) atoms. The smallest absolute Gasteiger partial charge is 0.303 e. The van der Waals surface area contributed by atoms with E-state index in [-0.39, 0.29) is 6.42 Å². The molecule has 1 N–H and O–H groups in total. The molecule has 0 amide bonds. The van der Waals surface area contributed by atoms with Crippen LogP contribution in [0.25, 0.3) is 27.9 Å². The van der Waals surface area contributed by atoms with Crippen molar-refractivity contribution >= 4 is 11.5 Å². The normalized spacial score (nSPS) is 11.1. The van der Waals surface area contributed by atoms with Crippen molar-refractivity contribution in [2.24, 2.45) is 0 Å². The summed E-state index contributed by atoms with van der Waals surface area (Å²) < 4.78 is 7.56. The first kappa shape index (κ1) is 21.6. The average molecular weight is 429 g/mol. The second-order valence-electron chi connectivity index (χ2n) is 7.88. The molecule has 2 aromatic carbocycles. The van der Waals surface area contributed by atoms with Crippen molar-refractivity contribution in [3.05, 3.63) is 78.0 Å². The Hall–Kier alpha value is -3.60. The van der Waals surface area contributed by atoms with E-state index in [1.807, 2.05) is 30.3 Å². The van der Waals surface area contributed by atoms with Gasteiger partial charge < -0.3 is 9.84 Å². The number of aliphatic carboxylic acids is 1. The zero-order valence-corrected chi connectivity index (χ0v) is 18.5. The largest absolute Gasteiger partial charge is 0.497 e. The highest BCUT2D eigenvalue weighted by Gasteiger charge is 2.20. The number of nitrogens with zero attached hydrogens (tertiary/aromatic N) is 2. The molecule has 0 unspecified atom stereocenters. The molecule has 4 aromatic rings. The van der Waals surface area contributed by atoms with Crippen molar-refractivity contribution in [3.63, 3.8) is 0 Å². The van der Waals surface area contributed by atoms with Crippen LogP contribution in [-0.4, -0.2) is 27.8 Å². The van der Waals surface area contributed by atoms with E-state index in [9.17, 15) is 4.79 Å². The number of carbonyl (C=O) groups is 1. The third-order valence-corrected chi connectivity index (χ3v) is 5.81. The van der Waals surface area contributed by atoms with Crippen LogP contribution in [0.5, 0.6) is 5.75 Å². The molecule has 164 valence electrons. The number of ether oxygens (including phenoxy) is 1. The van der Waals surface area contributed by atoms with Gasteiger partial charge in [0.25, 0.3) is 0 Å². The van der Waals surface area contributed by atoms with Gasteiger partial charge in [-0.15, -0.1) is 0 Å². The molecule has 0 spiro atoms. The van der Waals surface area contributed by atoms with Crippen LogP contribution >= 0.6 is 0 Å². The number of carboxylic acid groups (broad SMARTS) is 1. The van der Waals surface area contributed by atoms with Crippen molar-refractivity contribution in [3.8, 4) is 28.1 Å². The lowest BCUT2D eigenvalue weighted by atomic mass is 9.92. The second-order valence-corrected chi connectivity index (χ2v) is 7.88. The topological polar surface area (TPSA) is 63.8 Å². The summed E-state index contributed by atoms with van der Waals surface area (Å²) in [4.78, 5) is 11.0. The third-order valence-electron chi connectivity index (χ3n) is 5.81. The fraction of sp³-hybridized carbons (Fsp3) is 0.259. The van der Waals surface area contributed by atoms with Gasteiger partial charge in [-0.3, -0.25) is 4.79 Å². The number of carboxylic acids is 1. The monoisotopic (exact) mass is 428 g/mol. The molecule has 0 radical (unpaired) electrons. The first-order valence-electron chi connectivity index (χ1n) is 11.1. The highest BCUT2D eigenvalue weighted by Crippen LogP contribution is 2.37. The van der Waals surface area contributed by atoms with Gasteiger partial charge in [0, 0.05) is 23.2 Å². The number of aromatic nitrogens is 2. The van der Waals surface area contributed by atoms with E-state index in [1.165, 1.54) is 0 Å². The minimum Gasteiger partial charge on any atom is -0.497 e. The van der Waals surface area contributed by atoms with Crippen LogP contribution in [0.3, 0.4) is 0 Å². The lowest BCUT2D eigenvalue weighted by Gasteiger charge is -2.18. The summed E-state index contributed by atoms with van der Waals surface area (Å²) in [6.45, 7) is 2.14. The van der Waals surface area contributed by atoms with E-state index in [1.54, 1.807) is 7.11 Å². The number of hydrogen-bond acceptors (Lipinski definition) is 3. The maximum absolute atomic E-state index is 11.0. The maximum Gasteiger partial charge on any atom is 0.303 e. The van der Waals surface area contributed by atoms with Crippen molar-refractivity contribution in [1.29, 1.82) is 0 Å². The summed E-state index contributed by atoms with van der Waals surface area (Å²) in [5.74, 6) is 0.0480. The summed E-state index contributed by atoms with van der Waals surface area (Å²) in [5, 5.41) is 14.2. The van der Waals surface area contributed by atoms with Crippen LogP contribution < -0.4 is 4.74 Å². The molecule has 0 fully saturated rings. The molecule has 5 heteroatoms. The summed E-state index contributed by atoms with van der Waals surface area (Å²) in [5.41, 5.74) is 7.56. The minimum absolute atomic E-state index is 0.177. The number of aryl methyl sites for hydroxylation is 1. The number of unbranched alkanes of at least 4 members (excludes halogenated alkanes) is 1. The zero-order chi connectivity index (χ0) is 22.5. The third kappa shape index (κ3) is 4.37. The van der Waals surface area contributed by atoms with E-state index in [4.69, 9.17) is 14.9 Å².